The number of hydrogen-bond donors (Lipinski definition) is 0. The first-order chi connectivity index (χ1) is 7.98. The summed E-state index contributed by atoms with van der Waals surface area (Å²) in [5.41, 5.74) is 1.48. The molecule has 0 radical (unpaired) electrons. The van der Waals surface area contributed by atoms with E-state index in [1.54, 1.807) is 0 Å². The van der Waals surface area contributed by atoms with Crippen molar-refractivity contribution >= 4 is 11.8 Å². The van der Waals surface area contributed by atoms with Gasteiger partial charge in [0.25, 0.3) is 0 Å². The van der Waals surface area contributed by atoms with Crippen LogP contribution in [0.15, 0.2) is 30.3 Å². The molecule has 0 bridgehead atoms. The molecule has 0 aromatic heterocycles. The zero-order valence-electron chi connectivity index (χ0n) is 11.3. The minimum Gasteiger partial charge on any atom is -0.306 e. The van der Waals surface area contributed by atoms with Crippen LogP contribution in [0.2, 0.25) is 0 Å². The molecule has 1 fully saturated rings. The van der Waals surface area contributed by atoms with Crippen LogP contribution in [-0.2, 0) is 0 Å². The third-order valence-corrected chi connectivity index (χ3v) is 5.13. The highest BCUT2D eigenvalue weighted by atomic mass is 32.2. The third kappa shape index (κ3) is 3.26. The molecular formula is C15H23NS. The van der Waals surface area contributed by atoms with Gasteiger partial charge in [-0.1, -0.05) is 44.2 Å². The summed E-state index contributed by atoms with van der Waals surface area (Å²) in [6, 6.07) is 11.7. The van der Waals surface area contributed by atoms with Crippen molar-refractivity contribution in [2.45, 2.75) is 42.7 Å². The van der Waals surface area contributed by atoms with Crippen LogP contribution < -0.4 is 0 Å². The highest BCUT2D eigenvalue weighted by Crippen LogP contribution is 2.49. The Labute approximate surface area is 110 Å². The molecule has 1 saturated heterocycles. The Morgan fingerprint density at radius 3 is 2.41 bits per heavy atom. The second-order valence-electron chi connectivity index (χ2n) is 5.83. The molecule has 1 aromatic rings. The molecule has 17 heavy (non-hydrogen) atoms. The van der Waals surface area contributed by atoms with Crippen molar-refractivity contribution in [3.8, 4) is 0 Å². The molecule has 2 atom stereocenters. The molecule has 0 saturated carbocycles. The number of rotatable bonds is 2. The van der Waals surface area contributed by atoms with Crippen LogP contribution in [0.1, 0.15) is 37.5 Å². The number of thioether (sulfide) groups is 1. The summed E-state index contributed by atoms with van der Waals surface area (Å²) >= 11 is 2.14. The van der Waals surface area contributed by atoms with Gasteiger partial charge in [0.05, 0.1) is 0 Å². The summed E-state index contributed by atoms with van der Waals surface area (Å²) in [6.07, 6.45) is 2.55. The topological polar surface area (TPSA) is 3.24 Å². The van der Waals surface area contributed by atoms with Gasteiger partial charge in [0, 0.05) is 16.0 Å². The van der Waals surface area contributed by atoms with Crippen LogP contribution in [0.5, 0.6) is 0 Å². The van der Waals surface area contributed by atoms with E-state index in [2.05, 4.69) is 74.9 Å². The lowest BCUT2D eigenvalue weighted by Crippen LogP contribution is -2.39. The molecule has 0 N–H and O–H groups in total. The minimum absolute atomic E-state index is 0.383. The summed E-state index contributed by atoms with van der Waals surface area (Å²) in [7, 11) is 4.41. The molecule has 2 heteroatoms. The van der Waals surface area contributed by atoms with Gasteiger partial charge < -0.3 is 4.90 Å². The normalized spacial score (nSPS) is 28.3. The molecule has 0 aliphatic carbocycles. The molecule has 1 nitrogen and oxygen atoms in total. The fourth-order valence-electron chi connectivity index (χ4n) is 2.64. The molecule has 1 heterocycles. The van der Waals surface area contributed by atoms with Crippen molar-refractivity contribution < 1.29 is 0 Å². The van der Waals surface area contributed by atoms with E-state index in [1.807, 2.05) is 0 Å². The Hall–Kier alpha value is -0.470. The van der Waals surface area contributed by atoms with Crippen LogP contribution in [0.3, 0.4) is 0 Å². The Morgan fingerprint density at radius 1 is 1.18 bits per heavy atom. The van der Waals surface area contributed by atoms with Gasteiger partial charge in [0.15, 0.2) is 0 Å². The summed E-state index contributed by atoms with van der Waals surface area (Å²) in [5.74, 6) is 0. The lowest BCUT2D eigenvalue weighted by atomic mass is 9.94. The predicted molar refractivity (Wildman–Crippen MR) is 77.6 cm³/mol. The Bertz CT molecular complexity index is 358. The van der Waals surface area contributed by atoms with Crippen molar-refractivity contribution in [3.05, 3.63) is 35.9 Å². The van der Waals surface area contributed by atoms with E-state index in [9.17, 15) is 0 Å². The van der Waals surface area contributed by atoms with Crippen molar-refractivity contribution in [1.29, 1.82) is 0 Å². The van der Waals surface area contributed by atoms with E-state index in [-0.39, 0.29) is 0 Å². The van der Waals surface area contributed by atoms with E-state index in [1.165, 1.54) is 18.4 Å². The maximum atomic E-state index is 2.39. The van der Waals surface area contributed by atoms with Crippen LogP contribution in [0, 0.1) is 0 Å². The van der Waals surface area contributed by atoms with E-state index in [0.717, 1.165) is 0 Å². The first-order valence-corrected chi connectivity index (χ1v) is 7.25. The third-order valence-electron chi connectivity index (χ3n) is 3.58. The summed E-state index contributed by atoms with van der Waals surface area (Å²) in [6.45, 7) is 4.76. The summed E-state index contributed by atoms with van der Waals surface area (Å²) < 4.78 is 0.383. The van der Waals surface area contributed by atoms with Gasteiger partial charge in [0.2, 0.25) is 0 Å². The molecule has 1 aliphatic heterocycles. The zero-order valence-corrected chi connectivity index (χ0v) is 12.1. The number of nitrogens with zero attached hydrogens (tertiary/aromatic N) is 1. The maximum absolute atomic E-state index is 2.39. The first kappa shape index (κ1) is 13.0. The van der Waals surface area contributed by atoms with Gasteiger partial charge in [0.1, 0.15) is 0 Å². The van der Waals surface area contributed by atoms with Gasteiger partial charge in [-0.05, 0) is 32.5 Å². The number of hydrogen-bond acceptors (Lipinski definition) is 2. The van der Waals surface area contributed by atoms with Gasteiger partial charge in [-0.25, -0.2) is 0 Å². The van der Waals surface area contributed by atoms with Crippen molar-refractivity contribution in [3.63, 3.8) is 0 Å². The van der Waals surface area contributed by atoms with Crippen LogP contribution in [0.25, 0.3) is 0 Å². The molecule has 94 valence electrons. The van der Waals surface area contributed by atoms with E-state index < -0.39 is 0 Å². The van der Waals surface area contributed by atoms with E-state index in [0.29, 0.717) is 16.0 Å². The van der Waals surface area contributed by atoms with Crippen LogP contribution >= 0.6 is 11.8 Å². The highest BCUT2D eigenvalue weighted by molar-refractivity contribution is 8.00. The van der Waals surface area contributed by atoms with Crippen molar-refractivity contribution in [2.75, 3.05) is 14.1 Å². The molecule has 1 aliphatic rings. The molecule has 2 rings (SSSR count). The highest BCUT2D eigenvalue weighted by Gasteiger charge is 2.35. The van der Waals surface area contributed by atoms with Crippen LogP contribution in [-0.4, -0.2) is 29.8 Å². The SMILES string of the molecule is CN(C)[C@H]1C[C@H](c2ccccc2)SC(C)(C)C1. The first-order valence-electron chi connectivity index (χ1n) is 6.37. The fourth-order valence-corrected chi connectivity index (χ4v) is 4.31. The monoisotopic (exact) mass is 249 g/mol. The van der Waals surface area contributed by atoms with Gasteiger partial charge in [-0.2, -0.15) is 0 Å². The van der Waals surface area contributed by atoms with E-state index in [4.69, 9.17) is 0 Å². The molecule has 1 aromatic carbocycles. The lowest BCUT2D eigenvalue weighted by molar-refractivity contribution is 0.239. The summed E-state index contributed by atoms with van der Waals surface area (Å²) in [5, 5.41) is 0.646. The quantitative estimate of drug-likeness (QED) is 0.780. The van der Waals surface area contributed by atoms with Crippen molar-refractivity contribution in [1.82, 2.24) is 4.90 Å². The molecule has 0 spiro atoms. The lowest BCUT2D eigenvalue weighted by Gasteiger charge is -2.42. The molecule has 0 amide bonds. The van der Waals surface area contributed by atoms with Gasteiger partial charge >= 0.3 is 0 Å². The second-order valence-corrected chi connectivity index (χ2v) is 7.74. The molecular weight excluding hydrogens is 226 g/mol. The fraction of sp³-hybridized carbons (Fsp3) is 0.600. The number of benzene rings is 1. The average molecular weight is 249 g/mol. The largest absolute Gasteiger partial charge is 0.306 e. The van der Waals surface area contributed by atoms with E-state index >= 15 is 0 Å². The zero-order chi connectivity index (χ0) is 12.5. The van der Waals surface area contributed by atoms with Crippen molar-refractivity contribution in [2.24, 2.45) is 0 Å². The maximum Gasteiger partial charge on any atom is 0.0317 e. The Kier molecular flexibility index (Phi) is 3.84. The smallest absolute Gasteiger partial charge is 0.0317 e. The predicted octanol–water partition coefficient (Wildman–Crippen LogP) is 3.96. The molecule has 0 unspecified atom stereocenters. The Balaban J connectivity index is 2.18. The summed E-state index contributed by atoms with van der Waals surface area (Å²) in [4.78, 5) is 2.39. The van der Waals surface area contributed by atoms with Gasteiger partial charge in [-0.3, -0.25) is 0 Å². The average Bonchev–Trinajstić information content (AvgIpc) is 2.28. The van der Waals surface area contributed by atoms with Crippen LogP contribution in [0.4, 0.5) is 0 Å². The second kappa shape index (κ2) is 5.03. The minimum atomic E-state index is 0.383. The van der Waals surface area contributed by atoms with Gasteiger partial charge in [-0.15, -0.1) is 11.8 Å². The Morgan fingerprint density at radius 2 is 1.82 bits per heavy atom. The standard InChI is InChI=1S/C15H23NS/c1-15(2)11-13(16(3)4)10-14(17-15)12-8-6-5-7-9-12/h5-9,13-14H,10-11H2,1-4H3/t13-,14+/m0/s1.